The van der Waals surface area contributed by atoms with Gasteiger partial charge in [-0.2, -0.15) is 0 Å². The molecule has 1 heterocycles. The molecule has 0 saturated carbocycles. The second-order valence-corrected chi connectivity index (χ2v) is 7.76. The Kier molecular flexibility index (Phi) is 13.5. The van der Waals surface area contributed by atoms with Gasteiger partial charge in [-0.25, -0.2) is 9.38 Å². The molecule has 1 atom stereocenters. The molecule has 1 unspecified atom stereocenters. The minimum Gasteiger partial charge on any atom is -0.489 e. The van der Waals surface area contributed by atoms with E-state index in [4.69, 9.17) is 10.5 Å². The van der Waals surface area contributed by atoms with Gasteiger partial charge in [0, 0.05) is 25.1 Å². The second kappa shape index (κ2) is 15.2. The van der Waals surface area contributed by atoms with Gasteiger partial charge in [0.1, 0.15) is 17.7 Å². The molecule has 0 spiro atoms. The summed E-state index contributed by atoms with van der Waals surface area (Å²) in [6.45, 7) is 8.98. The molecule has 2 rings (SSSR count). The molecule has 0 radical (unpaired) electrons. The highest BCUT2D eigenvalue weighted by Crippen LogP contribution is 2.17. The first-order valence-corrected chi connectivity index (χ1v) is 10.9. The molecule has 1 amide bonds. The quantitative estimate of drug-likeness (QED) is 0.171. The Morgan fingerprint density at radius 1 is 1.32 bits per heavy atom. The maximum Gasteiger partial charge on any atom is 0.220 e. The maximum atomic E-state index is 13.3. The fraction of sp³-hybridized carbons (Fsp3) is 0.636. The fourth-order valence-corrected chi connectivity index (χ4v) is 3.48. The van der Waals surface area contributed by atoms with Gasteiger partial charge in [0.25, 0.3) is 0 Å². The lowest BCUT2D eigenvalue weighted by molar-refractivity contribution is -0.123. The monoisotopic (exact) mass is 549 g/mol. The Bertz CT molecular complexity index is 684. The number of nitrogens with zero attached hydrogens (tertiary/aromatic N) is 2. The summed E-state index contributed by atoms with van der Waals surface area (Å²) >= 11 is 0. The summed E-state index contributed by atoms with van der Waals surface area (Å²) in [4.78, 5) is 18.2. The van der Waals surface area contributed by atoms with E-state index in [1.807, 2.05) is 13.8 Å². The number of hydrogen-bond acceptors (Lipinski definition) is 4. The van der Waals surface area contributed by atoms with Crippen molar-refractivity contribution in [2.45, 2.75) is 45.6 Å². The van der Waals surface area contributed by atoms with Crippen molar-refractivity contribution in [3.63, 3.8) is 0 Å². The van der Waals surface area contributed by atoms with Crippen LogP contribution in [0.2, 0.25) is 0 Å². The van der Waals surface area contributed by atoms with Crippen molar-refractivity contribution in [1.82, 2.24) is 15.5 Å². The van der Waals surface area contributed by atoms with E-state index in [0.717, 1.165) is 64.4 Å². The first-order chi connectivity index (χ1) is 14.5. The number of ether oxygens (including phenoxy) is 1. The van der Waals surface area contributed by atoms with Crippen molar-refractivity contribution >= 4 is 35.8 Å². The molecule has 176 valence electrons. The normalized spacial score (nSPS) is 16.3. The zero-order valence-electron chi connectivity index (χ0n) is 18.6. The number of piperidine rings is 1. The molecule has 4 N–H and O–H groups in total. The highest BCUT2D eigenvalue weighted by Gasteiger charge is 2.22. The molecule has 1 aliphatic heterocycles. The average Bonchev–Trinajstić information content (AvgIpc) is 2.72. The van der Waals surface area contributed by atoms with Crippen LogP contribution in [0.4, 0.5) is 4.39 Å². The Labute approximate surface area is 202 Å². The largest absolute Gasteiger partial charge is 0.489 e. The molecule has 31 heavy (non-hydrogen) atoms. The summed E-state index contributed by atoms with van der Waals surface area (Å²) in [5, 5.41) is 6.59. The van der Waals surface area contributed by atoms with Gasteiger partial charge in [0.15, 0.2) is 5.96 Å². The van der Waals surface area contributed by atoms with Gasteiger partial charge in [-0.15, -0.1) is 24.0 Å². The van der Waals surface area contributed by atoms with Gasteiger partial charge in [-0.05, 0) is 71.3 Å². The standard InChI is InChI=1S/C22H36FN5O2.HI/c1-3-25-22(27-16-17(2)30-20-8-6-7-19(23)15-20)26-11-4-5-12-28-13-9-18(10-14-28)21(24)29;/h6-8,15,17-18H,3-5,9-14,16H2,1-2H3,(H2,24,29)(H2,25,26,27);1H. The minimum absolute atomic E-state index is 0. The Balaban J connectivity index is 0.00000480. The number of primary amides is 1. The molecular weight excluding hydrogens is 512 g/mol. The van der Waals surface area contributed by atoms with E-state index in [-0.39, 0.29) is 47.7 Å². The first kappa shape index (κ1) is 27.4. The van der Waals surface area contributed by atoms with Crippen molar-refractivity contribution < 1.29 is 13.9 Å². The summed E-state index contributed by atoms with van der Waals surface area (Å²) in [5.74, 6) is 0.847. The van der Waals surface area contributed by atoms with Crippen LogP contribution in [0.25, 0.3) is 0 Å². The number of carbonyl (C=O) groups excluding carboxylic acids is 1. The number of nitrogens with one attached hydrogen (secondary N) is 2. The Morgan fingerprint density at radius 3 is 2.71 bits per heavy atom. The van der Waals surface area contributed by atoms with Crippen molar-refractivity contribution in [2.75, 3.05) is 39.3 Å². The number of likely N-dealkylation sites (tertiary alicyclic amines) is 1. The molecule has 1 aromatic carbocycles. The number of carbonyl (C=O) groups is 1. The first-order valence-electron chi connectivity index (χ1n) is 10.9. The van der Waals surface area contributed by atoms with E-state index in [0.29, 0.717) is 12.3 Å². The molecule has 0 bridgehead atoms. The fourth-order valence-electron chi connectivity index (χ4n) is 3.48. The number of benzene rings is 1. The van der Waals surface area contributed by atoms with Crippen LogP contribution < -0.4 is 21.1 Å². The molecular formula is C22H37FIN5O2. The maximum absolute atomic E-state index is 13.3. The van der Waals surface area contributed by atoms with Gasteiger partial charge < -0.3 is 26.0 Å². The third-order valence-corrected chi connectivity index (χ3v) is 5.17. The Morgan fingerprint density at radius 2 is 2.06 bits per heavy atom. The lowest BCUT2D eigenvalue weighted by Gasteiger charge is -2.30. The van der Waals surface area contributed by atoms with Crippen LogP contribution in [0.1, 0.15) is 39.5 Å². The molecule has 9 heteroatoms. The Hall–Kier alpha value is -1.62. The predicted octanol–water partition coefficient (Wildman–Crippen LogP) is 2.74. The van der Waals surface area contributed by atoms with Crippen molar-refractivity contribution in [2.24, 2.45) is 16.6 Å². The number of aliphatic imine (C=N–C) groups is 1. The number of guanidine groups is 1. The molecule has 1 aliphatic rings. The number of unbranched alkanes of at least 4 members (excludes halogenated alkanes) is 1. The molecule has 1 aromatic rings. The highest BCUT2D eigenvalue weighted by molar-refractivity contribution is 14.0. The lowest BCUT2D eigenvalue weighted by atomic mass is 9.96. The van der Waals surface area contributed by atoms with Gasteiger partial charge >= 0.3 is 0 Å². The number of amides is 1. The van der Waals surface area contributed by atoms with Crippen LogP contribution in [0, 0.1) is 11.7 Å². The molecule has 0 aromatic heterocycles. The van der Waals surface area contributed by atoms with Crippen molar-refractivity contribution in [3.8, 4) is 5.75 Å². The van der Waals surface area contributed by atoms with Crippen LogP contribution in [0.3, 0.4) is 0 Å². The SMILES string of the molecule is CCNC(=NCC(C)Oc1cccc(F)c1)NCCCCN1CCC(C(N)=O)CC1.I. The van der Waals surface area contributed by atoms with E-state index in [9.17, 15) is 9.18 Å². The van der Waals surface area contributed by atoms with Gasteiger partial charge in [-0.1, -0.05) is 6.07 Å². The number of rotatable bonds is 11. The van der Waals surface area contributed by atoms with Crippen molar-refractivity contribution in [1.29, 1.82) is 0 Å². The third kappa shape index (κ3) is 11.0. The average molecular weight is 549 g/mol. The highest BCUT2D eigenvalue weighted by atomic mass is 127. The molecule has 1 fully saturated rings. The van der Waals surface area contributed by atoms with Gasteiger partial charge in [-0.3, -0.25) is 4.79 Å². The van der Waals surface area contributed by atoms with Crippen LogP contribution in [0.5, 0.6) is 5.75 Å². The van der Waals surface area contributed by atoms with Crippen LogP contribution >= 0.6 is 24.0 Å². The summed E-state index contributed by atoms with van der Waals surface area (Å²) in [6, 6.07) is 6.14. The zero-order chi connectivity index (χ0) is 21.8. The van der Waals surface area contributed by atoms with Gasteiger partial charge in [0.2, 0.25) is 5.91 Å². The molecule has 1 saturated heterocycles. The second-order valence-electron chi connectivity index (χ2n) is 7.76. The lowest BCUT2D eigenvalue weighted by Crippen LogP contribution is -2.40. The van der Waals surface area contributed by atoms with Crippen LogP contribution in [-0.2, 0) is 4.79 Å². The number of hydrogen-bond donors (Lipinski definition) is 3. The van der Waals surface area contributed by atoms with Crippen LogP contribution in [-0.4, -0.2) is 62.1 Å². The topological polar surface area (TPSA) is 92.0 Å². The zero-order valence-corrected chi connectivity index (χ0v) is 20.9. The van der Waals surface area contributed by atoms with Crippen molar-refractivity contribution in [3.05, 3.63) is 30.1 Å². The molecule has 0 aliphatic carbocycles. The van der Waals surface area contributed by atoms with E-state index in [1.165, 1.54) is 12.1 Å². The van der Waals surface area contributed by atoms with E-state index >= 15 is 0 Å². The van der Waals surface area contributed by atoms with Crippen LogP contribution in [0.15, 0.2) is 29.3 Å². The molecule has 7 nitrogen and oxygen atoms in total. The van der Waals surface area contributed by atoms with E-state index in [1.54, 1.807) is 12.1 Å². The minimum atomic E-state index is -0.310. The number of halogens is 2. The summed E-state index contributed by atoms with van der Waals surface area (Å²) in [6.07, 6.45) is 3.72. The van der Waals surface area contributed by atoms with Gasteiger partial charge in [0.05, 0.1) is 6.54 Å². The summed E-state index contributed by atoms with van der Waals surface area (Å²) in [5.41, 5.74) is 5.39. The summed E-state index contributed by atoms with van der Waals surface area (Å²) < 4.78 is 19.0. The van der Waals surface area contributed by atoms with E-state index < -0.39 is 0 Å². The predicted molar refractivity (Wildman–Crippen MR) is 133 cm³/mol. The smallest absolute Gasteiger partial charge is 0.220 e. The van der Waals surface area contributed by atoms with E-state index in [2.05, 4.69) is 20.5 Å². The third-order valence-electron chi connectivity index (χ3n) is 5.17. The number of nitrogens with two attached hydrogens (primary N) is 1. The summed E-state index contributed by atoms with van der Waals surface area (Å²) in [7, 11) is 0.